The van der Waals surface area contributed by atoms with Crippen LogP contribution in [0.4, 0.5) is 4.39 Å². The topological polar surface area (TPSA) is 40.5 Å². The molecule has 1 saturated heterocycles. The first-order chi connectivity index (χ1) is 9.99. The van der Waals surface area contributed by atoms with Crippen LogP contribution in [0.25, 0.3) is 0 Å². The van der Waals surface area contributed by atoms with E-state index in [9.17, 15) is 14.3 Å². The second-order valence-corrected chi connectivity index (χ2v) is 7.03. The van der Waals surface area contributed by atoms with Gasteiger partial charge in [0.25, 0.3) is 5.91 Å². The van der Waals surface area contributed by atoms with Gasteiger partial charge in [0.2, 0.25) is 0 Å². The van der Waals surface area contributed by atoms with Gasteiger partial charge in [-0.05, 0) is 53.4 Å². The first-order valence-electron chi connectivity index (χ1n) is 7.46. The Morgan fingerprint density at radius 2 is 2.19 bits per heavy atom. The summed E-state index contributed by atoms with van der Waals surface area (Å²) in [4.78, 5) is 14.3. The Kier molecular flexibility index (Phi) is 4.06. The third-order valence-electron chi connectivity index (χ3n) is 4.88. The smallest absolute Gasteiger partial charge is 0.253 e. The number of aliphatic hydroxyl groups is 1. The van der Waals surface area contributed by atoms with Gasteiger partial charge in [0.1, 0.15) is 5.82 Å². The molecule has 0 bridgehead atoms. The monoisotopic (exact) mass is 355 g/mol. The number of nitrogens with zero attached hydrogens (tertiary/aromatic N) is 1. The average molecular weight is 356 g/mol. The third-order valence-corrected chi connectivity index (χ3v) is 5.52. The summed E-state index contributed by atoms with van der Waals surface area (Å²) in [5.74, 6) is -0.412. The summed E-state index contributed by atoms with van der Waals surface area (Å²) in [6.07, 6.45) is 4.62. The van der Waals surface area contributed by atoms with E-state index >= 15 is 0 Å². The Labute approximate surface area is 132 Å². The van der Waals surface area contributed by atoms with E-state index in [1.54, 1.807) is 17.0 Å². The van der Waals surface area contributed by atoms with Crippen molar-refractivity contribution in [1.82, 2.24) is 4.90 Å². The zero-order valence-electron chi connectivity index (χ0n) is 11.8. The fraction of sp³-hybridized carbons (Fsp3) is 0.562. The number of piperidine rings is 1. The molecule has 0 radical (unpaired) electrons. The SMILES string of the molecule is O=C(c1ccc(Br)c(F)c1)N1CCC2(O)CCCCC2C1. The fourth-order valence-electron chi connectivity index (χ4n) is 3.57. The number of likely N-dealkylation sites (tertiary alicyclic amines) is 1. The van der Waals surface area contributed by atoms with E-state index in [1.807, 2.05) is 0 Å². The van der Waals surface area contributed by atoms with Crippen LogP contribution in [0.3, 0.4) is 0 Å². The molecule has 2 aliphatic rings. The van der Waals surface area contributed by atoms with Crippen molar-refractivity contribution in [3.63, 3.8) is 0 Å². The molecule has 0 spiro atoms. The molecule has 1 aliphatic heterocycles. The largest absolute Gasteiger partial charge is 0.389 e. The third kappa shape index (κ3) is 2.86. The quantitative estimate of drug-likeness (QED) is 0.838. The van der Waals surface area contributed by atoms with E-state index in [-0.39, 0.29) is 11.8 Å². The van der Waals surface area contributed by atoms with E-state index in [4.69, 9.17) is 0 Å². The van der Waals surface area contributed by atoms with Gasteiger partial charge in [-0.1, -0.05) is 12.8 Å². The van der Waals surface area contributed by atoms with Crippen LogP contribution in [0.1, 0.15) is 42.5 Å². The van der Waals surface area contributed by atoms with Crippen LogP contribution >= 0.6 is 15.9 Å². The van der Waals surface area contributed by atoms with Gasteiger partial charge in [0.05, 0.1) is 10.1 Å². The summed E-state index contributed by atoms with van der Waals surface area (Å²) in [7, 11) is 0. The molecular formula is C16H19BrFNO2. The molecule has 1 N–H and O–H groups in total. The van der Waals surface area contributed by atoms with Gasteiger partial charge in [-0.3, -0.25) is 4.79 Å². The lowest BCUT2D eigenvalue weighted by Gasteiger charge is -2.47. The number of hydrogen-bond donors (Lipinski definition) is 1. The lowest BCUT2D eigenvalue weighted by Crippen LogP contribution is -2.54. The van der Waals surface area contributed by atoms with E-state index in [0.717, 1.165) is 25.7 Å². The molecule has 1 aliphatic carbocycles. The lowest BCUT2D eigenvalue weighted by molar-refractivity contribution is -0.0886. The Morgan fingerprint density at radius 3 is 2.95 bits per heavy atom. The summed E-state index contributed by atoms with van der Waals surface area (Å²) in [5, 5.41) is 10.6. The number of halogens is 2. The second kappa shape index (κ2) is 5.69. The highest BCUT2D eigenvalue weighted by molar-refractivity contribution is 9.10. The van der Waals surface area contributed by atoms with Crippen LogP contribution < -0.4 is 0 Å². The number of rotatable bonds is 1. The van der Waals surface area contributed by atoms with E-state index in [2.05, 4.69) is 15.9 Å². The van der Waals surface area contributed by atoms with Crippen molar-refractivity contribution in [2.45, 2.75) is 37.7 Å². The molecule has 3 rings (SSSR count). The summed E-state index contributed by atoms with van der Waals surface area (Å²) < 4.78 is 13.9. The standard InChI is InChI=1S/C16H19BrFNO2/c17-13-5-4-11(9-14(13)18)15(20)19-8-7-16(21)6-2-1-3-12(16)10-19/h4-5,9,12,21H,1-3,6-8,10H2. The molecule has 2 unspecified atom stereocenters. The predicted molar refractivity (Wildman–Crippen MR) is 81.5 cm³/mol. The van der Waals surface area contributed by atoms with E-state index in [1.165, 1.54) is 6.07 Å². The van der Waals surface area contributed by atoms with Crippen LogP contribution in [0, 0.1) is 11.7 Å². The maximum Gasteiger partial charge on any atom is 0.253 e. The minimum absolute atomic E-state index is 0.144. The summed E-state index contributed by atoms with van der Waals surface area (Å²) in [6, 6.07) is 4.47. The van der Waals surface area contributed by atoms with Gasteiger partial charge >= 0.3 is 0 Å². The number of carbonyl (C=O) groups is 1. The first kappa shape index (κ1) is 15.0. The summed E-state index contributed by atoms with van der Waals surface area (Å²) >= 11 is 3.09. The average Bonchev–Trinajstić information content (AvgIpc) is 2.48. The molecule has 1 amide bonds. The van der Waals surface area contributed by atoms with Gasteiger partial charge < -0.3 is 10.0 Å². The fourth-order valence-corrected chi connectivity index (χ4v) is 3.81. The van der Waals surface area contributed by atoms with Gasteiger partial charge in [-0.2, -0.15) is 0 Å². The molecule has 114 valence electrons. The van der Waals surface area contributed by atoms with Gasteiger partial charge in [-0.25, -0.2) is 4.39 Å². The van der Waals surface area contributed by atoms with Crippen LogP contribution in [0.15, 0.2) is 22.7 Å². The Balaban J connectivity index is 1.75. The number of carbonyl (C=O) groups excluding carboxylic acids is 1. The number of hydrogen-bond acceptors (Lipinski definition) is 2. The van der Waals surface area contributed by atoms with Crippen LogP contribution in [-0.4, -0.2) is 34.6 Å². The molecule has 21 heavy (non-hydrogen) atoms. The molecule has 2 atom stereocenters. The molecule has 2 fully saturated rings. The van der Waals surface area contributed by atoms with Crippen LogP contribution in [-0.2, 0) is 0 Å². The molecule has 1 heterocycles. The molecular weight excluding hydrogens is 337 g/mol. The highest BCUT2D eigenvalue weighted by Gasteiger charge is 2.43. The highest BCUT2D eigenvalue weighted by Crippen LogP contribution is 2.40. The van der Waals surface area contributed by atoms with Crippen molar-refractivity contribution >= 4 is 21.8 Å². The molecule has 1 saturated carbocycles. The summed E-state index contributed by atoms with van der Waals surface area (Å²) in [5.41, 5.74) is -0.225. The van der Waals surface area contributed by atoms with Gasteiger partial charge in [0, 0.05) is 24.6 Å². The minimum Gasteiger partial charge on any atom is -0.389 e. The van der Waals surface area contributed by atoms with Gasteiger partial charge in [0.15, 0.2) is 0 Å². The van der Waals surface area contributed by atoms with Crippen molar-refractivity contribution in [3.05, 3.63) is 34.1 Å². The van der Waals surface area contributed by atoms with Crippen LogP contribution in [0.5, 0.6) is 0 Å². The molecule has 1 aromatic carbocycles. The zero-order chi connectivity index (χ0) is 15.0. The maximum absolute atomic E-state index is 13.6. The Bertz CT molecular complexity index is 565. The zero-order valence-corrected chi connectivity index (χ0v) is 13.4. The van der Waals surface area contributed by atoms with Crippen molar-refractivity contribution in [1.29, 1.82) is 0 Å². The molecule has 0 aromatic heterocycles. The Morgan fingerprint density at radius 1 is 1.38 bits per heavy atom. The highest BCUT2D eigenvalue weighted by atomic mass is 79.9. The predicted octanol–water partition coefficient (Wildman–Crippen LogP) is 3.36. The van der Waals surface area contributed by atoms with Crippen molar-refractivity contribution in [3.8, 4) is 0 Å². The summed E-state index contributed by atoms with van der Waals surface area (Å²) in [6.45, 7) is 1.12. The first-order valence-corrected chi connectivity index (χ1v) is 8.26. The number of fused-ring (bicyclic) bond motifs is 1. The normalized spacial score (nSPS) is 29.1. The second-order valence-electron chi connectivity index (χ2n) is 6.18. The number of amides is 1. The minimum atomic E-state index is -0.597. The van der Waals surface area contributed by atoms with Crippen molar-refractivity contribution in [2.24, 2.45) is 5.92 Å². The van der Waals surface area contributed by atoms with Crippen LogP contribution in [0.2, 0.25) is 0 Å². The molecule has 3 nitrogen and oxygen atoms in total. The Hall–Kier alpha value is -0.940. The number of benzene rings is 1. The van der Waals surface area contributed by atoms with Crippen molar-refractivity contribution < 1.29 is 14.3 Å². The lowest BCUT2D eigenvalue weighted by atomic mass is 9.71. The van der Waals surface area contributed by atoms with E-state index in [0.29, 0.717) is 29.5 Å². The maximum atomic E-state index is 13.6. The molecule has 1 aromatic rings. The van der Waals surface area contributed by atoms with E-state index < -0.39 is 11.4 Å². The van der Waals surface area contributed by atoms with Gasteiger partial charge in [-0.15, -0.1) is 0 Å². The molecule has 5 heteroatoms. The van der Waals surface area contributed by atoms with Crippen molar-refractivity contribution in [2.75, 3.05) is 13.1 Å².